The first-order valence-corrected chi connectivity index (χ1v) is 14.7. The van der Waals surface area contributed by atoms with Gasteiger partial charge in [0.25, 0.3) is 5.91 Å². The van der Waals surface area contributed by atoms with Gasteiger partial charge in [-0.3, -0.25) is 4.79 Å². The molecule has 2 aromatic carbocycles. The molecule has 1 aliphatic carbocycles. The second kappa shape index (κ2) is 11.5. The summed E-state index contributed by atoms with van der Waals surface area (Å²) in [5.74, 6) is 1.02. The van der Waals surface area contributed by atoms with Crippen LogP contribution in [0, 0.1) is 11.3 Å². The minimum absolute atomic E-state index is 0.200. The van der Waals surface area contributed by atoms with Crippen LogP contribution in [0.25, 0.3) is 22.2 Å². The number of carbonyl (C=O) groups excluding carboxylic acids is 2. The molecule has 4 aromatic rings. The van der Waals surface area contributed by atoms with Gasteiger partial charge < -0.3 is 19.5 Å². The molecule has 8 heteroatoms. The summed E-state index contributed by atoms with van der Waals surface area (Å²) in [6.45, 7) is 6.85. The van der Waals surface area contributed by atoms with E-state index >= 15 is 0 Å². The van der Waals surface area contributed by atoms with Crippen molar-refractivity contribution in [1.82, 2.24) is 4.98 Å². The number of thiophene rings is 1. The summed E-state index contributed by atoms with van der Waals surface area (Å²) in [6, 6.07) is 14.8. The molecule has 1 atom stereocenters. The minimum atomic E-state index is -0.422. The molecule has 0 fully saturated rings. The van der Waals surface area contributed by atoms with E-state index in [0.29, 0.717) is 50.1 Å². The van der Waals surface area contributed by atoms with E-state index in [9.17, 15) is 9.59 Å². The van der Waals surface area contributed by atoms with E-state index in [1.54, 1.807) is 26.4 Å². The van der Waals surface area contributed by atoms with E-state index in [1.165, 1.54) is 18.4 Å². The van der Waals surface area contributed by atoms with Gasteiger partial charge in [-0.1, -0.05) is 45.4 Å². The van der Waals surface area contributed by atoms with Gasteiger partial charge in [-0.2, -0.15) is 0 Å². The van der Waals surface area contributed by atoms with Crippen molar-refractivity contribution < 1.29 is 23.8 Å². The summed E-state index contributed by atoms with van der Waals surface area (Å²) in [6.07, 6.45) is 3.77. The molecule has 2 aromatic heterocycles. The molecule has 0 radical (unpaired) electrons. The van der Waals surface area contributed by atoms with Crippen LogP contribution in [-0.2, 0) is 17.6 Å². The third-order valence-corrected chi connectivity index (χ3v) is 9.71. The predicted octanol–water partition coefficient (Wildman–Crippen LogP) is 7.56. The number of benzene rings is 2. The molecule has 0 saturated heterocycles. The first-order chi connectivity index (χ1) is 19.7. The Hall–Kier alpha value is -3.91. The number of nitrogens with one attached hydrogen (secondary N) is 1. The van der Waals surface area contributed by atoms with Crippen molar-refractivity contribution in [3.63, 3.8) is 0 Å². The molecule has 214 valence electrons. The zero-order chi connectivity index (χ0) is 29.3. The number of fused-ring (bicyclic) bond motifs is 2. The number of amides is 1. The fourth-order valence-electron chi connectivity index (χ4n) is 5.63. The summed E-state index contributed by atoms with van der Waals surface area (Å²) in [5, 5.41) is 4.33. The van der Waals surface area contributed by atoms with Gasteiger partial charge in [0.05, 0.1) is 43.7 Å². The number of methoxy groups -OCH3 is 3. The van der Waals surface area contributed by atoms with Crippen molar-refractivity contribution in [2.75, 3.05) is 26.6 Å². The molecule has 7 nitrogen and oxygen atoms in total. The second-order valence-corrected chi connectivity index (χ2v) is 12.2. The average Bonchev–Trinajstić information content (AvgIpc) is 3.36. The summed E-state index contributed by atoms with van der Waals surface area (Å²) in [4.78, 5) is 33.0. The van der Waals surface area contributed by atoms with E-state index < -0.39 is 5.97 Å². The van der Waals surface area contributed by atoms with Gasteiger partial charge in [-0.15, -0.1) is 11.3 Å². The number of hydrogen-bond acceptors (Lipinski definition) is 7. The van der Waals surface area contributed by atoms with Gasteiger partial charge in [0.2, 0.25) is 0 Å². The normalized spacial score (nSPS) is 14.8. The molecule has 1 unspecified atom stereocenters. The minimum Gasteiger partial charge on any atom is -0.497 e. The Bertz CT molecular complexity index is 1620. The SMILES string of the molecule is CCC(C)(C)C1CCc2c(sc(NC(=O)c3cc(-c4ccc(OC)cc4OC)nc4ccccc34)c2C(=O)OC)C1. The van der Waals surface area contributed by atoms with Crippen LogP contribution in [0.5, 0.6) is 11.5 Å². The van der Waals surface area contributed by atoms with Crippen molar-refractivity contribution in [1.29, 1.82) is 0 Å². The van der Waals surface area contributed by atoms with Crippen LogP contribution in [0.15, 0.2) is 48.5 Å². The van der Waals surface area contributed by atoms with Crippen molar-refractivity contribution in [2.45, 2.75) is 46.5 Å². The molecule has 1 aliphatic rings. The summed E-state index contributed by atoms with van der Waals surface area (Å²) < 4.78 is 16.2. The number of rotatable bonds is 8. The largest absolute Gasteiger partial charge is 0.497 e. The summed E-state index contributed by atoms with van der Waals surface area (Å²) in [5.41, 5.74) is 4.14. The molecule has 41 heavy (non-hydrogen) atoms. The molecular formula is C33H36N2O5S. The molecule has 1 N–H and O–H groups in total. The van der Waals surface area contributed by atoms with E-state index in [0.717, 1.165) is 41.7 Å². The highest BCUT2D eigenvalue weighted by atomic mass is 32.1. The van der Waals surface area contributed by atoms with Gasteiger partial charge in [0, 0.05) is 21.9 Å². The lowest BCUT2D eigenvalue weighted by atomic mass is 9.69. The maximum atomic E-state index is 14.0. The number of nitrogens with zero attached hydrogens (tertiary/aromatic N) is 1. The molecule has 1 amide bonds. The van der Waals surface area contributed by atoms with Gasteiger partial charge in [-0.25, -0.2) is 9.78 Å². The van der Waals surface area contributed by atoms with E-state index in [4.69, 9.17) is 19.2 Å². The van der Waals surface area contributed by atoms with Gasteiger partial charge in [-0.05, 0) is 60.4 Å². The number of esters is 1. The second-order valence-electron chi connectivity index (χ2n) is 11.1. The quantitative estimate of drug-likeness (QED) is 0.219. The highest BCUT2D eigenvalue weighted by molar-refractivity contribution is 7.17. The number of anilines is 1. The molecular weight excluding hydrogens is 536 g/mol. The maximum absolute atomic E-state index is 14.0. The van der Waals surface area contributed by atoms with Gasteiger partial charge >= 0.3 is 5.97 Å². The number of hydrogen-bond donors (Lipinski definition) is 1. The lowest BCUT2D eigenvalue weighted by molar-refractivity contribution is 0.0600. The van der Waals surface area contributed by atoms with Crippen LogP contribution in [0.4, 0.5) is 5.00 Å². The monoisotopic (exact) mass is 572 g/mol. The first-order valence-electron chi connectivity index (χ1n) is 13.9. The number of carbonyl (C=O) groups is 2. The van der Waals surface area contributed by atoms with Crippen molar-refractivity contribution in [3.8, 4) is 22.8 Å². The number of para-hydroxylation sites is 1. The lowest BCUT2D eigenvalue weighted by Crippen LogP contribution is -2.28. The van der Waals surface area contributed by atoms with Gasteiger partial charge in [0.1, 0.15) is 16.5 Å². The number of ether oxygens (including phenoxy) is 3. The molecule has 0 saturated carbocycles. The highest BCUT2D eigenvalue weighted by Crippen LogP contribution is 2.46. The Morgan fingerprint density at radius 2 is 1.85 bits per heavy atom. The summed E-state index contributed by atoms with van der Waals surface area (Å²) in [7, 11) is 4.57. The van der Waals surface area contributed by atoms with Crippen LogP contribution in [0.3, 0.4) is 0 Å². The van der Waals surface area contributed by atoms with E-state index in [-0.39, 0.29) is 11.3 Å². The Labute approximate surface area is 244 Å². The Morgan fingerprint density at radius 3 is 2.56 bits per heavy atom. The van der Waals surface area contributed by atoms with Gasteiger partial charge in [0.15, 0.2) is 0 Å². The summed E-state index contributed by atoms with van der Waals surface area (Å²) >= 11 is 1.49. The number of pyridine rings is 1. The standard InChI is InChI=1S/C33H36N2O5S/c1-7-33(2,3)19-12-14-23-28(16-19)41-31(29(23)32(37)40-6)35-30(36)24-18-26(34-25-11-9-8-10-21(24)25)22-15-13-20(38-4)17-27(22)39-5/h8-11,13,15,17-19H,7,12,14,16H2,1-6H3,(H,35,36). The molecule has 0 bridgehead atoms. The van der Waals surface area contributed by atoms with Crippen molar-refractivity contribution >= 4 is 39.1 Å². The van der Waals surface area contributed by atoms with Crippen LogP contribution < -0.4 is 14.8 Å². The zero-order valence-corrected chi connectivity index (χ0v) is 25.2. The van der Waals surface area contributed by atoms with Crippen LogP contribution in [0.2, 0.25) is 0 Å². The van der Waals surface area contributed by atoms with Crippen molar-refractivity contribution in [2.24, 2.45) is 11.3 Å². The Morgan fingerprint density at radius 1 is 1.07 bits per heavy atom. The topological polar surface area (TPSA) is 86.8 Å². The fraction of sp³-hybridized carbons (Fsp3) is 0.364. The molecule has 2 heterocycles. The molecule has 0 spiro atoms. The van der Waals surface area contributed by atoms with Crippen LogP contribution >= 0.6 is 11.3 Å². The number of aromatic nitrogens is 1. The van der Waals surface area contributed by atoms with E-state index in [1.807, 2.05) is 36.4 Å². The third-order valence-electron chi connectivity index (χ3n) is 8.54. The first kappa shape index (κ1) is 28.6. The molecule has 0 aliphatic heterocycles. The Kier molecular flexibility index (Phi) is 8.04. The predicted molar refractivity (Wildman–Crippen MR) is 163 cm³/mol. The highest BCUT2D eigenvalue weighted by Gasteiger charge is 2.36. The zero-order valence-electron chi connectivity index (χ0n) is 24.4. The van der Waals surface area contributed by atoms with E-state index in [2.05, 4.69) is 26.1 Å². The van der Waals surface area contributed by atoms with Crippen LogP contribution in [0.1, 0.15) is 64.8 Å². The Balaban J connectivity index is 1.57. The third kappa shape index (κ3) is 5.40. The smallest absolute Gasteiger partial charge is 0.341 e. The van der Waals surface area contributed by atoms with Crippen molar-refractivity contribution in [3.05, 3.63) is 70.1 Å². The lowest BCUT2D eigenvalue weighted by Gasteiger charge is -2.36. The average molecular weight is 573 g/mol. The molecule has 5 rings (SSSR count). The fourth-order valence-corrected chi connectivity index (χ4v) is 6.94. The van der Waals surface area contributed by atoms with Crippen LogP contribution in [-0.4, -0.2) is 38.2 Å². The maximum Gasteiger partial charge on any atom is 0.341 e.